The maximum absolute atomic E-state index is 12.5. The number of carbonyl (C=O) groups is 2. The van der Waals surface area contributed by atoms with Crippen molar-refractivity contribution in [3.63, 3.8) is 0 Å². The first-order chi connectivity index (χ1) is 15.9. The molecule has 0 spiro atoms. The van der Waals surface area contributed by atoms with Gasteiger partial charge in [0.2, 0.25) is 0 Å². The zero-order chi connectivity index (χ0) is 23.8. The van der Waals surface area contributed by atoms with Crippen molar-refractivity contribution in [1.82, 2.24) is 5.32 Å². The van der Waals surface area contributed by atoms with Crippen LogP contribution in [0.3, 0.4) is 0 Å². The van der Waals surface area contributed by atoms with Gasteiger partial charge >= 0.3 is 11.6 Å². The van der Waals surface area contributed by atoms with Crippen molar-refractivity contribution in [3.8, 4) is 11.5 Å². The molecule has 1 heterocycles. The Morgan fingerprint density at radius 2 is 1.70 bits per heavy atom. The molecule has 2 aromatic carbocycles. The van der Waals surface area contributed by atoms with Gasteiger partial charge in [-0.15, -0.1) is 0 Å². The maximum atomic E-state index is 12.5. The Hall–Kier alpha value is -3.61. The predicted octanol–water partition coefficient (Wildman–Crippen LogP) is 5.11. The van der Waals surface area contributed by atoms with Gasteiger partial charge in [-0.2, -0.15) is 0 Å². The number of rotatable bonds is 10. The zero-order valence-corrected chi connectivity index (χ0v) is 19.2. The van der Waals surface area contributed by atoms with Gasteiger partial charge in [-0.3, -0.25) is 4.79 Å². The van der Waals surface area contributed by atoms with Crippen molar-refractivity contribution < 1.29 is 23.5 Å². The summed E-state index contributed by atoms with van der Waals surface area (Å²) in [5.74, 6) is -0.109. The molecule has 7 heteroatoms. The van der Waals surface area contributed by atoms with Crippen molar-refractivity contribution in [2.45, 2.75) is 52.5 Å². The summed E-state index contributed by atoms with van der Waals surface area (Å²) in [6.45, 7) is 6.41. The molecule has 0 aliphatic rings. The van der Waals surface area contributed by atoms with Crippen molar-refractivity contribution >= 4 is 22.8 Å². The average Bonchev–Trinajstić information content (AvgIpc) is 2.78. The van der Waals surface area contributed by atoms with Crippen LogP contribution in [0.5, 0.6) is 11.5 Å². The summed E-state index contributed by atoms with van der Waals surface area (Å²) in [6, 6.07) is 12.8. The van der Waals surface area contributed by atoms with Crippen molar-refractivity contribution in [3.05, 3.63) is 70.1 Å². The lowest BCUT2D eigenvalue weighted by Crippen LogP contribution is -2.33. The van der Waals surface area contributed by atoms with Gasteiger partial charge in [0.25, 0.3) is 5.91 Å². The maximum Gasteiger partial charge on any atom is 0.349 e. The molecule has 0 aliphatic carbocycles. The third-order valence-electron chi connectivity index (χ3n) is 4.94. The smallest absolute Gasteiger partial charge is 0.349 e. The summed E-state index contributed by atoms with van der Waals surface area (Å²) < 4.78 is 16.4. The molecular weight excluding hydrogens is 422 g/mol. The minimum Gasteiger partial charge on any atom is -0.494 e. The highest BCUT2D eigenvalue weighted by Gasteiger charge is 2.16. The van der Waals surface area contributed by atoms with Crippen LogP contribution in [0, 0.1) is 0 Å². The molecule has 7 nitrogen and oxygen atoms in total. The monoisotopic (exact) mass is 451 g/mol. The number of fused-ring (bicyclic) bond motifs is 1. The quantitative estimate of drug-likeness (QED) is 0.199. The first kappa shape index (κ1) is 24.0. The Morgan fingerprint density at radius 1 is 0.970 bits per heavy atom. The summed E-state index contributed by atoms with van der Waals surface area (Å²) in [4.78, 5) is 36.9. The standard InChI is InChI=1S/C26H29NO6/c1-4-5-6-7-14-31-20-11-8-18(9-12-20)25(29)32-21-13-10-19-15-22(24(28)27-17(2)3)26(30)33-23(19)16-21/h8-13,15-17H,4-7,14H2,1-3H3,(H,27,28). The number of hydrogen-bond acceptors (Lipinski definition) is 6. The molecule has 0 saturated carbocycles. The third kappa shape index (κ3) is 6.68. The van der Waals surface area contributed by atoms with Gasteiger partial charge in [-0.1, -0.05) is 26.2 Å². The molecule has 3 rings (SSSR count). The molecule has 1 N–H and O–H groups in total. The Kier molecular flexibility index (Phi) is 8.24. The molecule has 1 amide bonds. The zero-order valence-electron chi connectivity index (χ0n) is 19.2. The Balaban J connectivity index is 1.65. The van der Waals surface area contributed by atoms with E-state index in [9.17, 15) is 14.4 Å². The number of amides is 1. The molecular formula is C26H29NO6. The van der Waals surface area contributed by atoms with Crippen molar-refractivity contribution in [2.24, 2.45) is 0 Å². The highest BCUT2D eigenvalue weighted by Crippen LogP contribution is 2.22. The normalized spacial score (nSPS) is 10.9. The second kappa shape index (κ2) is 11.3. The minimum atomic E-state index is -0.755. The van der Waals surface area contributed by atoms with Crippen molar-refractivity contribution in [2.75, 3.05) is 6.61 Å². The number of unbranched alkanes of at least 4 members (excludes halogenated alkanes) is 3. The van der Waals surface area contributed by atoms with Gasteiger partial charge in [0.05, 0.1) is 12.2 Å². The lowest BCUT2D eigenvalue weighted by Gasteiger charge is -2.09. The van der Waals surface area contributed by atoms with E-state index < -0.39 is 17.5 Å². The number of esters is 1. The van der Waals surface area contributed by atoms with Gasteiger partial charge in [0.15, 0.2) is 0 Å². The highest BCUT2D eigenvalue weighted by molar-refractivity contribution is 5.97. The summed E-state index contributed by atoms with van der Waals surface area (Å²) in [5, 5.41) is 3.21. The molecule has 0 fully saturated rings. The molecule has 0 aliphatic heterocycles. The fraction of sp³-hybridized carbons (Fsp3) is 0.346. The van der Waals surface area contributed by atoms with Gasteiger partial charge in [-0.05, 0) is 62.7 Å². The Morgan fingerprint density at radius 3 is 2.39 bits per heavy atom. The van der Waals surface area contributed by atoms with Crippen LogP contribution in [0.1, 0.15) is 67.2 Å². The number of hydrogen-bond donors (Lipinski definition) is 1. The average molecular weight is 452 g/mol. The first-order valence-electron chi connectivity index (χ1n) is 11.2. The molecule has 0 unspecified atom stereocenters. The third-order valence-corrected chi connectivity index (χ3v) is 4.94. The van der Waals surface area contributed by atoms with E-state index in [1.165, 1.54) is 25.0 Å². The molecule has 174 valence electrons. The lowest BCUT2D eigenvalue weighted by molar-refractivity contribution is 0.0734. The molecule has 0 saturated heterocycles. The summed E-state index contributed by atoms with van der Waals surface area (Å²) in [6.07, 6.45) is 4.51. The number of carbonyl (C=O) groups excluding carboxylic acids is 2. The van der Waals surface area contributed by atoms with Crippen LogP contribution in [0.2, 0.25) is 0 Å². The Labute approximate surface area is 192 Å². The Bertz CT molecular complexity index is 1160. The SMILES string of the molecule is CCCCCCOc1ccc(C(=O)Oc2ccc3cc(C(=O)NC(C)C)c(=O)oc3c2)cc1. The van der Waals surface area contributed by atoms with E-state index in [0.29, 0.717) is 23.3 Å². The minimum absolute atomic E-state index is 0.0754. The van der Waals surface area contributed by atoms with E-state index in [2.05, 4.69) is 12.2 Å². The largest absolute Gasteiger partial charge is 0.494 e. The van der Waals surface area contributed by atoms with E-state index in [-0.39, 0.29) is 22.9 Å². The molecule has 1 aromatic heterocycles. The second-order valence-electron chi connectivity index (χ2n) is 8.10. The molecule has 3 aromatic rings. The van der Waals surface area contributed by atoms with Gasteiger partial charge in [0.1, 0.15) is 22.6 Å². The molecule has 33 heavy (non-hydrogen) atoms. The topological polar surface area (TPSA) is 94.8 Å². The van der Waals surface area contributed by atoms with Crippen LogP contribution < -0.4 is 20.4 Å². The predicted molar refractivity (Wildman–Crippen MR) is 126 cm³/mol. The van der Waals surface area contributed by atoms with E-state index in [1.807, 2.05) is 0 Å². The fourth-order valence-electron chi connectivity index (χ4n) is 3.23. The summed E-state index contributed by atoms with van der Waals surface area (Å²) in [7, 11) is 0. The van der Waals surface area contributed by atoms with Gasteiger partial charge < -0.3 is 19.2 Å². The molecule has 0 bridgehead atoms. The summed E-state index contributed by atoms with van der Waals surface area (Å²) in [5.41, 5.74) is -0.239. The van der Waals surface area contributed by atoms with E-state index in [4.69, 9.17) is 13.9 Å². The highest BCUT2D eigenvalue weighted by atomic mass is 16.5. The molecule has 0 radical (unpaired) electrons. The van der Waals surface area contributed by atoms with Crippen LogP contribution in [-0.4, -0.2) is 24.5 Å². The molecule has 0 atom stereocenters. The lowest BCUT2D eigenvalue weighted by atomic mass is 10.1. The van der Waals surface area contributed by atoms with Gasteiger partial charge in [0, 0.05) is 17.5 Å². The van der Waals surface area contributed by atoms with E-state index >= 15 is 0 Å². The fourth-order valence-corrected chi connectivity index (χ4v) is 3.23. The van der Waals surface area contributed by atoms with Crippen LogP contribution >= 0.6 is 0 Å². The van der Waals surface area contributed by atoms with Gasteiger partial charge in [-0.25, -0.2) is 9.59 Å². The summed E-state index contributed by atoms with van der Waals surface area (Å²) >= 11 is 0. The van der Waals surface area contributed by atoms with E-state index in [0.717, 1.165) is 12.8 Å². The van der Waals surface area contributed by atoms with Crippen LogP contribution in [0.15, 0.2) is 57.7 Å². The van der Waals surface area contributed by atoms with Crippen LogP contribution in [0.4, 0.5) is 0 Å². The number of benzene rings is 2. The van der Waals surface area contributed by atoms with Crippen LogP contribution in [0.25, 0.3) is 11.0 Å². The van der Waals surface area contributed by atoms with Crippen molar-refractivity contribution in [1.29, 1.82) is 0 Å². The van der Waals surface area contributed by atoms with Crippen LogP contribution in [-0.2, 0) is 0 Å². The number of nitrogens with one attached hydrogen (secondary N) is 1. The second-order valence-corrected chi connectivity index (χ2v) is 8.10. The van der Waals surface area contributed by atoms with E-state index in [1.54, 1.807) is 50.2 Å². The number of ether oxygens (including phenoxy) is 2. The first-order valence-corrected chi connectivity index (χ1v) is 11.2.